The zero-order valence-corrected chi connectivity index (χ0v) is 10.5. The highest BCUT2D eigenvalue weighted by Crippen LogP contribution is 2.22. The number of pyridine rings is 1. The van der Waals surface area contributed by atoms with Crippen LogP contribution in [0.4, 0.5) is 20.3 Å². The number of halogens is 2. The summed E-state index contributed by atoms with van der Waals surface area (Å²) >= 11 is 0. The highest BCUT2D eigenvalue weighted by Gasteiger charge is 2.13. The van der Waals surface area contributed by atoms with Crippen LogP contribution in [0, 0.1) is 21.7 Å². The number of benzene rings is 1. The van der Waals surface area contributed by atoms with Gasteiger partial charge in [0.05, 0.1) is 11.0 Å². The lowest BCUT2D eigenvalue weighted by Crippen LogP contribution is -2.10. The Labute approximate surface area is 113 Å². The number of anilines is 1. The number of nitrogens with zero attached hydrogens (tertiary/aromatic N) is 2. The first-order valence-corrected chi connectivity index (χ1v) is 5.79. The molecule has 0 aliphatic carbocycles. The van der Waals surface area contributed by atoms with Crippen molar-refractivity contribution in [3.63, 3.8) is 0 Å². The predicted octanol–water partition coefficient (Wildman–Crippen LogP) is 3.44. The maximum absolute atomic E-state index is 13.6. The van der Waals surface area contributed by atoms with Crippen LogP contribution in [0.5, 0.6) is 0 Å². The summed E-state index contributed by atoms with van der Waals surface area (Å²) in [6.45, 7) is 1.68. The van der Waals surface area contributed by atoms with Gasteiger partial charge in [0.15, 0.2) is 0 Å². The van der Waals surface area contributed by atoms with Crippen LogP contribution in [0.25, 0.3) is 0 Å². The summed E-state index contributed by atoms with van der Waals surface area (Å²) < 4.78 is 26.4. The van der Waals surface area contributed by atoms with Crippen LogP contribution in [-0.2, 0) is 0 Å². The maximum Gasteiger partial charge on any atom is 0.287 e. The lowest BCUT2D eigenvalue weighted by atomic mass is 10.1. The normalized spacial score (nSPS) is 11.9. The van der Waals surface area contributed by atoms with Gasteiger partial charge in [-0.25, -0.2) is 13.8 Å². The van der Waals surface area contributed by atoms with Crippen molar-refractivity contribution in [2.24, 2.45) is 0 Å². The number of hydrogen-bond donors (Lipinski definition) is 1. The van der Waals surface area contributed by atoms with Gasteiger partial charge < -0.3 is 5.32 Å². The van der Waals surface area contributed by atoms with E-state index in [1.54, 1.807) is 6.92 Å². The Morgan fingerprint density at radius 2 is 2.05 bits per heavy atom. The average Bonchev–Trinajstić information content (AvgIpc) is 2.39. The zero-order valence-electron chi connectivity index (χ0n) is 10.5. The quantitative estimate of drug-likeness (QED) is 0.687. The molecule has 2 rings (SSSR count). The number of rotatable bonds is 4. The molecular weight excluding hydrogens is 268 g/mol. The molecule has 0 aliphatic rings. The third-order valence-corrected chi connectivity index (χ3v) is 2.75. The van der Waals surface area contributed by atoms with Gasteiger partial charge in [0.25, 0.3) is 5.69 Å². The molecule has 1 aromatic heterocycles. The van der Waals surface area contributed by atoms with E-state index in [-0.39, 0.29) is 11.3 Å². The molecule has 104 valence electrons. The first-order valence-electron chi connectivity index (χ1n) is 5.79. The molecule has 0 bridgehead atoms. The van der Waals surface area contributed by atoms with E-state index >= 15 is 0 Å². The summed E-state index contributed by atoms with van der Waals surface area (Å²) in [7, 11) is 0. The summed E-state index contributed by atoms with van der Waals surface area (Å²) in [5, 5.41) is 13.4. The minimum Gasteiger partial charge on any atom is -0.363 e. The van der Waals surface area contributed by atoms with Crippen LogP contribution in [0.1, 0.15) is 18.5 Å². The van der Waals surface area contributed by atoms with Gasteiger partial charge in [-0.1, -0.05) is 6.07 Å². The molecule has 1 unspecified atom stereocenters. The van der Waals surface area contributed by atoms with E-state index < -0.39 is 22.6 Å². The molecule has 0 saturated heterocycles. The Bertz CT molecular complexity index is 632. The second-order valence-electron chi connectivity index (χ2n) is 4.19. The monoisotopic (exact) mass is 279 g/mol. The second kappa shape index (κ2) is 5.60. The largest absolute Gasteiger partial charge is 0.363 e. The van der Waals surface area contributed by atoms with Crippen molar-refractivity contribution in [1.29, 1.82) is 0 Å². The number of nitrogens with one attached hydrogen (secondary N) is 1. The third-order valence-electron chi connectivity index (χ3n) is 2.75. The summed E-state index contributed by atoms with van der Waals surface area (Å²) in [6, 6.07) is 5.58. The van der Waals surface area contributed by atoms with E-state index in [1.807, 2.05) is 0 Å². The van der Waals surface area contributed by atoms with Gasteiger partial charge in [-0.2, -0.15) is 0 Å². The predicted molar refractivity (Wildman–Crippen MR) is 69.3 cm³/mol. The first kappa shape index (κ1) is 13.9. The number of hydrogen-bond acceptors (Lipinski definition) is 4. The van der Waals surface area contributed by atoms with Crippen molar-refractivity contribution in [2.75, 3.05) is 5.32 Å². The summed E-state index contributed by atoms with van der Waals surface area (Å²) in [5.74, 6) is -0.939. The molecule has 1 atom stereocenters. The fraction of sp³-hybridized carbons (Fsp3) is 0.154. The van der Waals surface area contributed by atoms with Crippen LogP contribution >= 0.6 is 0 Å². The smallest absolute Gasteiger partial charge is 0.287 e. The summed E-state index contributed by atoms with van der Waals surface area (Å²) in [4.78, 5) is 13.8. The van der Waals surface area contributed by atoms with Crippen molar-refractivity contribution in [1.82, 2.24) is 4.98 Å². The highest BCUT2D eigenvalue weighted by atomic mass is 19.1. The summed E-state index contributed by atoms with van der Waals surface area (Å²) in [5.41, 5.74) is 0.155. The molecule has 0 saturated carbocycles. The Hall–Kier alpha value is -2.57. The van der Waals surface area contributed by atoms with Gasteiger partial charge in [-0.3, -0.25) is 10.1 Å². The molecule has 0 aliphatic heterocycles. The average molecular weight is 279 g/mol. The molecule has 7 heteroatoms. The van der Waals surface area contributed by atoms with Gasteiger partial charge in [-0.05, 0) is 19.1 Å². The van der Waals surface area contributed by atoms with Crippen LogP contribution < -0.4 is 5.32 Å². The van der Waals surface area contributed by atoms with Crippen molar-refractivity contribution in [2.45, 2.75) is 13.0 Å². The molecule has 1 N–H and O–H groups in total. The summed E-state index contributed by atoms with van der Waals surface area (Å²) in [6.07, 6.45) is 1.11. The Morgan fingerprint density at radius 1 is 1.30 bits per heavy atom. The van der Waals surface area contributed by atoms with Crippen LogP contribution in [0.2, 0.25) is 0 Å². The SMILES string of the molecule is CC(Nc1ccc([N+](=O)[O-])cn1)c1ccc(F)cc1F. The fourth-order valence-corrected chi connectivity index (χ4v) is 1.73. The molecule has 1 heterocycles. The van der Waals surface area contributed by atoms with E-state index in [0.717, 1.165) is 12.3 Å². The minimum absolute atomic E-state index is 0.129. The molecule has 0 amide bonds. The van der Waals surface area contributed by atoms with Gasteiger partial charge in [0.1, 0.15) is 23.6 Å². The second-order valence-corrected chi connectivity index (χ2v) is 4.19. The van der Waals surface area contributed by atoms with Crippen LogP contribution in [0.3, 0.4) is 0 Å². The van der Waals surface area contributed by atoms with Crippen molar-refractivity contribution >= 4 is 11.5 Å². The maximum atomic E-state index is 13.6. The van der Waals surface area contributed by atoms with Gasteiger partial charge >= 0.3 is 0 Å². The number of aromatic nitrogens is 1. The van der Waals surface area contributed by atoms with Gasteiger partial charge in [0.2, 0.25) is 0 Å². The Morgan fingerprint density at radius 3 is 2.60 bits per heavy atom. The molecule has 0 radical (unpaired) electrons. The van der Waals surface area contributed by atoms with Crippen LogP contribution in [0.15, 0.2) is 36.5 Å². The molecule has 0 spiro atoms. The highest BCUT2D eigenvalue weighted by molar-refractivity contribution is 5.42. The molecule has 20 heavy (non-hydrogen) atoms. The third kappa shape index (κ3) is 3.05. The topological polar surface area (TPSA) is 68.1 Å². The van der Waals surface area contributed by atoms with E-state index in [9.17, 15) is 18.9 Å². The lowest BCUT2D eigenvalue weighted by molar-refractivity contribution is -0.385. The van der Waals surface area contributed by atoms with E-state index in [2.05, 4.69) is 10.3 Å². The van der Waals surface area contributed by atoms with Crippen LogP contribution in [-0.4, -0.2) is 9.91 Å². The van der Waals surface area contributed by atoms with E-state index in [0.29, 0.717) is 5.82 Å². The zero-order chi connectivity index (χ0) is 14.7. The van der Waals surface area contributed by atoms with Crippen molar-refractivity contribution < 1.29 is 13.7 Å². The Balaban J connectivity index is 2.14. The molecule has 2 aromatic rings. The number of nitro groups is 1. The Kier molecular flexibility index (Phi) is 3.88. The van der Waals surface area contributed by atoms with Crippen molar-refractivity contribution in [3.8, 4) is 0 Å². The van der Waals surface area contributed by atoms with E-state index in [4.69, 9.17) is 0 Å². The molecule has 0 fully saturated rings. The van der Waals surface area contributed by atoms with E-state index in [1.165, 1.54) is 24.3 Å². The lowest BCUT2D eigenvalue weighted by Gasteiger charge is -2.15. The van der Waals surface area contributed by atoms with Crippen molar-refractivity contribution in [3.05, 3.63) is 63.8 Å². The molecule has 1 aromatic carbocycles. The standard InChI is InChI=1S/C13H11F2N3O2/c1-8(11-4-2-9(14)6-12(11)15)17-13-5-3-10(7-16-13)18(19)20/h2-8H,1H3,(H,16,17). The molecule has 5 nitrogen and oxygen atoms in total. The molecular formula is C13H11F2N3O2. The van der Waals surface area contributed by atoms with Gasteiger partial charge in [-0.15, -0.1) is 0 Å². The van der Waals surface area contributed by atoms with Gasteiger partial charge in [0, 0.05) is 17.7 Å². The fourth-order valence-electron chi connectivity index (χ4n) is 1.73. The first-order chi connectivity index (χ1) is 9.47. The minimum atomic E-state index is -0.660.